The lowest BCUT2D eigenvalue weighted by Gasteiger charge is -2.15. The van der Waals surface area contributed by atoms with Gasteiger partial charge in [-0.05, 0) is 13.3 Å². The van der Waals surface area contributed by atoms with Crippen LogP contribution in [0.1, 0.15) is 26.7 Å². The average molecular weight is 196 g/mol. The van der Waals surface area contributed by atoms with Gasteiger partial charge >= 0.3 is 5.97 Å². The van der Waals surface area contributed by atoms with E-state index in [0.717, 1.165) is 6.42 Å². The van der Waals surface area contributed by atoms with Gasteiger partial charge < -0.3 is 10.0 Å². The first-order valence-electron chi connectivity index (χ1n) is 4.70. The molecule has 0 rings (SSSR count). The van der Waals surface area contributed by atoms with Gasteiger partial charge in [0.1, 0.15) is 6.54 Å². The first-order chi connectivity index (χ1) is 6.63. The lowest BCUT2D eigenvalue weighted by Crippen LogP contribution is -2.24. The Morgan fingerprint density at radius 1 is 1.57 bits per heavy atom. The summed E-state index contributed by atoms with van der Waals surface area (Å²) in [5, 5.41) is 17.3. The summed E-state index contributed by atoms with van der Waals surface area (Å²) >= 11 is 0. The molecule has 14 heavy (non-hydrogen) atoms. The van der Waals surface area contributed by atoms with Crippen molar-refractivity contribution in [3.8, 4) is 6.07 Å². The first-order valence-corrected chi connectivity index (χ1v) is 4.70. The minimum atomic E-state index is -0.878. The molecule has 0 aliphatic carbocycles. The van der Waals surface area contributed by atoms with Crippen molar-refractivity contribution in [2.24, 2.45) is 0 Å². The predicted molar refractivity (Wildman–Crippen MR) is 53.5 cm³/mol. The van der Waals surface area contributed by atoms with Crippen molar-refractivity contribution in [1.29, 1.82) is 5.26 Å². The number of hydrogen-bond donors (Lipinski definition) is 1. The van der Waals surface area contributed by atoms with Gasteiger partial charge in [-0.1, -0.05) is 13.3 Å². The summed E-state index contributed by atoms with van der Waals surface area (Å²) in [6, 6.07) is 2.07. The molecule has 78 valence electrons. The second-order valence-electron chi connectivity index (χ2n) is 2.97. The molecule has 0 aromatic rings. The Bertz CT molecular complexity index is 253. The monoisotopic (exact) mass is 196 g/mol. The van der Waals surface area contributed by atoms with Crippen molar-refractivity contribution in [2.75, 3.05) is 13.1 Å². The molecule has 0 aliphatic rings. The van der Waals surface area contributed by atoms with Crippen LogP contribution in [0.3, 0.4) is 0 Å². The Balaban J connectivity index is 4.38. The fourth-order valence-electron chi connectivity index (χ4n) is 1.06. The number of allylic oxidation sites excluding steroid dienone is 1. The molecule has 0 aromatic heterocycles. The molecule has 0 heterocycles. The van der Waals surface area contributed by atoms with Crippen LogP contribution >= 0.6 is 0 Å². The van der Waals surface area contributed by atoms with Crippen molar-refractivity contribution in [1.82, 2.24) is 4.90 Å². The number of carbonyl (C=O) groups is 1. The third-order valence-corrected chi connectivity index (χ3v) is 1.75. The zero-order chi connectivity index (χ0) is 11.0. The van der Waals surface area contributed by atoms with Crippen LogP contribution in [-0.4, -0.2) is 29.1 Å². The molecule has 0 fully saturated rings. The summed E-state index contributed by atoms with van der Waals surface area (Å²) in [4.78, 5) is 12.1. The molecule has 0 saturated heterocycles. The van der Waals surface area contributed by atoms with Crippen molar-refractivity contribution in [3.05, 3.63) is 11.8 Å². The van der Waals surface area contributed by atoms with Gasteiger partial charge in [-0.15, -0.1) is 0 Å². The zero-order valence-corrected chi connectivity index (χ0v) is 8.66. The molecule has 0 unspecified atom stereocenters. The van der Waals surface area contributed by atoms with Gasteiger partial charge in [0.25, 0.3) is 0 Å². The molecule has 0 bridgehead atoms. The summed E-state index contributed by atoms with van der Waals surface area (Å²) in [5.41, 5.74) is 0.635. The van der Waals surface area contributed by atoms with Crippen LogP contribution < -0.4 is 0 Å². The van der Waals surface area contributed by atoms with Gasteiger partial charge in [0, 0.05) is 18.3 Å². The Hall–Kier alpha value is -1.50. The van der Waals surface area contributed by atoms with Crippen LogP contribution in [0.15, 0.2) is 11.8 Å². The number of hydrogen-bond acceptors (Lipinski definition) is 3. The van der Waals surface area contributed by atoms with Gasteiger partial charge in [0.05, 0.1) is 6.07 Å². The number of likely N-dealkylation sites (N-methyl/N-ethyl adjacent to an activating group) is 1. The third-order valence-electron chi connectivity index (χ3n) is 1.75. The van der Waals surface area contributed by atoms with E-state index in [1.807, 2.05) is 13.8 Å². The molecule has 0 aliphatic heterocycles. The second-order valence-corrected chi connectivity index (χ2v) is 2.97. The molecule has 0 atom stereocenters. The highest BCUT2D eigenvalue weighted by Gasteiger charge is 2.04. The maximum Gasteiger partial charge on any atom is 0.323 e. The minimum Gasteiger partial charge on any atom is -0.480 e. The molecule has 4 nitrogen and oxygen atoms in total. The standard InChI is InChI=1S/C10H16N2O2/c1-3-5-9(6-11)7-12(4-2)8-10(13)14/h7H,3-5,8H2,1-2H3,(H,13,14). The van der Waals surface area contributed by atoms with E-state index in [2.05, 4.69) is 6.07 Å². The first kappa shape index (κ1) is 12.5. The Labute approximate surface area is 84.4 Å². The molecule has 1 N–H and O–H groups in total. The van der Waals surface area contributed by atoms with Gasteiger partial charge in [-0.25, -0.2) is 0 Å². The Kier molecular flexibility index (Phi) is 6.21. The quantitative estimate of drug-likeness (QED) is 0.655. The summed E-state index contributed by atoms with van der Waals surface area (Å²) in [7, 11) is 0. The largest absolute Gasteiger partial charge is 0.480 e. The molecule has 0 radical (unpaired) electrons. The molecule has 0 saturated carbocycles. The average Bonchev–Trinajstić information content (AvgIpc) is 2.15. The maximum absolute atomic E-state index is 10.4. The van der Waals surface area contributed by atoms with Crippen LogP contribution in [0.5, 0.6) is 0 Å². The van der Waals surface area contributed by atoms with Gasteiger partial charge in [-0.3, -0.25) is 4.79 Å². The van der Waals surface area contributed by atoms with E-state index in [1.54, 1.807) is 11.1 Å². The lowest BCUT2D eigenvalue weighted by molar-refractivity contribution is -0.137. The van der Waals surface area contributed by atoms with Crippen LogP contribution in [0.2, 0.25) is 0 Å². The highest BCUT2D eigenvalue weighted by Crippen LogP contribution is 2.05. The maximum atomic E-state index is 10.4. The van der Waals surface area contributed by atoms with Crippen LogP contribution in [-0.2, 0) is 4.79 Å². The summed E-state index contributed by atoms with van der Waals surface area (Å²) in [6.07, 6.45) is 3.23. The van der Waals surface area contributed by atoms with E-state index in [4.69, 9.17) is 10.4 Å². The van der Waals surface area contributed by atoms with E-state index in [-0.39, 0.29) is 6.54 Å². The molecular formula is C10H16N2O2. The van der Waals surface area contributed by atoms with Crippen LogP contribution in [0, 0.1) is 11.3 Å². The molecular weight excluding hydrogens is 180 g/mol. The lowest BCUT2D eigenvalue weighted by atomic mass is 10.2. The fourth-order valence-corrected chi connectivity index (χ4v) is 1.06. The number of rotatable bonds is 6. The number of nitrogens with zero attached hydrogens (tertiary/aromatic N) is 2. The molecule has 0 spiro atoms. The van der Waals surface area contributed by atoms with E-state index < -0.39 is 5.97 Å². The normalized spacial score (nSPS) is 10.8. The molecule has 0 aromatic carbocycles. The number of aliphatic carboxylic acids is 1. The van der Waals surface area contributed by atoms with Crippen LogP contribution in [0.25, 0.3) is 0 Å². The fraction of sp³-hybridized carbons (Fsp3) is 0.600. The minimum absolute atomic E-state index is 0.0502. The van der Waals surface area contributed by atoms with Crippen molar-refractivity contribution in [3.63, 3.8) is 0 Å². The topological polar surface area (TPSA) is 64.3 Å². The summed E-state index contributed by atoms with van der Waals surface area (Å²) < 4.78 is 0. The highest BCUT2D eigenvalue weighted by molar-refractivity contribution is 5.69. The number of carboxylic acid groups (broad SMARTS) is 1. The van der Waals surface area contributed by atoms with E-state index >= 15 is 0 Å². The SMILES string of the molecule is CCCC(C#N)=CN(CC)CC(=O)O. The molecule has 0 amide bonds. The summed E-state index contributed by atoms with van der Waals surface area (Å²) in [5.74, 6) is -0.878. The van der Waals surface area contributed by atoms with Crippen molar-refractivity contribution >= 4 is 5.97 Å². The van der Waals surface area contributed by atoms with Gasteiger partial charge in [0.15, 0.2) is 0 Å². The Morgan fingerprint density at radius 2 is 2.21 bits per heavy atom. The smallest absolute Gasteiger partial charge is 0.323 e. The van der Waals surface area contributed by atoms with Crippen molar-refractivity contribution < 1.29 is 9.90 Å². The number of nitriles is 1. The third kappa shape index (κ3) is 5.20. The second kappa shape index (κ2) is 6.96. The van der Waals surface area contributed by atoms with E-state index in [9.17, 15) is 4.79 Å². The van der Waals surface area contributed by atoms with Crippen molar-refractivity contribution in [2.45, 2.75) is 26.7 Å². The van der Waals surface area contributed by atoms with Gasteiger partial charge in [-0.2, -0.15) is 5.26 Å². The highest BCUT2D eigenvalue weighted by atomic mass is 16.4. The van der Waals surface area contributed by atoms with Crippen LogP contribution in [0.4, 0.5) is 0 Å². The van der Waals surface area contributed by atoms with Gasteiger partial charge in [0.2, 0.25) is 0 Å². The predicted octanol–water partition coefficient (Wildman–Crippen LogP) is 1.60. The van der Waals surface area contributed by atoms with E-state index in [0.29, 0.717) is 18.5 Å². The zero-order valence-electron chi connectivity index (χ0n) is 8.66. The summed E-state index contributed by atoms with van der Waals surface area (Å²) in [6.45, 7) is 4.39. The molecule has 4 heteroatoms. The Morgan fingerprint density at radius 3 is 2.57 bits per heavy atom. The van der Waals surface area contributed by atoms with E-state index in [1.165, 1.54) is 0 Å². The number of carboxylic acids is 1.